The van der Waals surface area contributed by atoms with Crippen LogP contribution in [0.1, 0.15) is 55.2 Å². The lowest BCUT2D eigenvalue weighted by molar-refractivity contribution is 0.0916. The fourth-order valence-electron chi connectivity index (χ4n) is 3.17. The van der Waals surface area contributed by atoms with E-state index in [1.807, 2.05) is 10.7 Å². The Kier molecular flexibility index (Phi) is 6.11. The number of nitrogens with zero attached hydrogens (tertiary/aromatic N) is 4. The predicted molar refractivity (Wildman–Crippen MR) is 95.2 cm³/mol. The van der Waals surface area contributed by atoms with Crippen molar-refractivity contribution in [3.63, 3.8) is 0 Å². The highest BCUT2D eigenvalue weighted by Crippen LogP contribution is 2.21. The van der Waals surface area contributed by atoms with E-state index in [-0.39, 0.29) is 6.61 Å². The lowest BCUT2D eigenvalue weighted by atomic mass is 10.2. The van der Waals surface area contributed by atoms with Gasteiger partial charge in [0.25, 0.3) is 0 Å². The zero-order valence-corrected chi connectivity index (χ0v) is 15.3. The molecule has 3 N–H and O–H groups in total. The van der Waals surface area contributed by atoms with E-state index < -0.39 is 6.10 Å². The van der Waals surface area contributed by atoms with Crippen LogP contribution in [0, 0.1) is 0 Å². The van der Waals surface area contributed by atoms with Gasteiger partial charge in [-0.3, -0.25) is 9.58 Å². The van der Waals surface area contributed by atoms with Crippen LogP contribution in [0.3, 0.4) is 0 Å². The lowest BCUT2D eigenvalue weighted by Gasteiger charge is -2.18. The molecule has 1 aliphatic heterocycles. The molecule has 7 nitrogen and oxygen atoms in total. The number of aliphatic hydroxyl groups is 2. The summed E-state index contributed by atoms with van der Waals surface area (Å²) in [6, 6.07) is 1.88. The number of H-pyrrole nitrogens is 1. The van der Waals surface area contributed by atoms with Crippen LogP contribution in [0.25, 0.3) is 0 Å². The Labute approximate surface area is 152 Å². The minimum absolute atomic E-state index is 0.315. The van der Waals surface area contributed by atoms with Crippen LogP contribution < -0.4 is 0 Å². The molecule has 0 saturated carbocycles. The first-order chi connectivity index (χ1) is 12.1. The van der Waals surface area contributed by atoms with Gasteiger partial charge in [-0.05, 0) is 18.9 Å². The van der Waals surface area contributed by atoms with Gasteiger partial charge in [0, 0.05) is 32.6 Å². The summed E-state index contributed by atoms with van der Waals surface area (Å²) in [6.45, 7) is 5.04. The van der Waals surface area contributed by atoms with E-state index in [0.717, 1.165) is 62.5 Å². The number of aromatic amines is 1. The van der Waals surface area contributed by atoms with E-state index in [9.17, 15) is 5.11 Å². The zero-order valence-electron chi connectivity index (χ0n) is 14.6. The van der Waals surface area contributed by atoms with Gasteiger partial charge in [-0.15, -0.1) is 0 Å². The number of aryl methyl sites for hydroxylation is 2. The Morgan fingerprint density at radius 2 is 2.24 bits per heavy atom. The van der Waals surface area contributed by atoms with Crippen LogP contribution in [-0.2, 0) is 26.1 Å². The van der Waals surface area contributed by atoms with Crippen molar-refractivity contribution < 1.29 is 10.2 Å². The first-order valence-corrected chi connectivity index (χ1v) is 9.29. The van der Waals surface area contributed by atoms with E-state index >= 15 is 0 Å². The number of rotatable bonds is 7. The van der Waals surface area contributed by atoms with E-state index in [2.05, 4.69) is 26.9 Å². The van der Waals surface area contributed by atoms with Gasteiger partial charge in [-0.25, -0.2) is 4.98 Å². The highest BCUT2D eigenvalue weighted by atomic mass is 35.5. The summed E-state index contributed by atoms with van der Waals surface area (Å²) < 4.78 is 1.93. The van der Waals surface area contributed by atoms with Gasteiger partial charge in [-0.2, -0.15) is 5.10 Å². The summed E-state index contributed by atoms with van der Waals surface area (Å²) in [5, 5.41) is 23.9. The molecule has 3 heterocycles. The molecule has 0 bridgehead atoms. The maximum atomic E-state index is 9.79. The van der Waals surface area contributed by atoms with Crippen LogP contribution in [-0.4, -0.2) is 48.0 Å². The summed E-state index contributed by atoms with van der Waals surface area (Å²) in [5.41, 5.74) is 2.53. The van der Waals surface area contributed by atoms with Crippen LogP contribution in [0.2, 0.25) is 5.15 Å². The first-order valence-electron chi connectivity index (χ1n) is 8.91. The largest absolute Gasteiger partial charge is 0.393 e. The van der Waals surface area contributed by atoms with Crippen LogP contribution in [0.4, 0.5) is 0 Å². The number of hydrogen-bond donors (Lipinski definition) is 3. The molecule has 0 amide bonds. The SMILES string of the molecule is CCCCc1nc(Cl)c(CN2CCCn3nc([C@H](O)CO)cc3C2)[nH]1. The lowest BCUT2D eigenvalue weighted by Crippen LogP contribution is -2.23. The molecule has 25 heavy (non-hydrogen) atoms. The van der Waals surface area contributed by atoms with Gasteiger partial charge in [0.2, 0.25) is 0 Å². The molecule has 0 unspecified atom stereocenters. The van der Waals surface area contributed by atoms with E-state index in [1.165, 1.54) is 0 Å². The van der Waals surface area contributed by atoms with Crippen molar-refractivity contribution in [1.29, 1.82) is 0 Å². The van der Waals surface area contributed by atoms with Gasteiger partial charge in [-0.1, -0.05) is 24.9 Å². The molecule has 0 aromatic carbocycles. The summed E-state index contributed by atoms with van der Waals surface area (Å²) in [7, 11) is 0. The summed E-state index contributed by atoms with van der Waals surface area (Å²) >= 11 is 6.30. The molecule has 2 aromatic rings. The van der Waals surface area contributed by atoms with Gasteiger partial charge in [0.15, 0.2) is 5.15 Å². The number of aliphatic hydroxyl groups excluding tert-OH is 2. The van der Waals surface area contributed by atoms with E-state index in [0.29, 0.717) is 17.4 Å². The molecular formula is C17H26ClN5O2. The molecular weight excluding hydrogens is 342 g/mol. The van der Waals surface area contributed by atoms with E-state index in [4.69, 9.17) is 16.7 Å². The number of fused-ring (bicyclic) bond motifs is 1. The Morgan fingerprint density at radius 3 is 3.00 bits per heavy atom. The van der Waals surface area contributed by atoms with Crippen molar-refractivity contribution in [1.82, 2.24) is 24.6 Å². The summed E-state index contributed by atoms with van der Waals surface area (Å²) in [5.74, 6) is 0.954. The normalized spacial score (nSPS) is 16.6. The number of aromatic nitrogens is 4. The maximum Gasteiger partial charge on any atom is 0.151 e. The van der Waals surface area contributed by atoms with E-state index in [1.54, 1.807) is 0 Å². The molecule has 3 rings (SSSR count). The first kappa shape index (κ1) is 18.4. The standard InChI is InChI=1S/C17H26ClN5O2/c1-2-3-5-16-19-14(17(18)20-16)10-22-6-4-7-23-12(9-22)8-13(21-23)15(25)11-24/h8,15,24-25H,2-7,9-11H2,1H3,(H,19,20)/t15-/m1/s1. The van der Waals surface area contributed by atoms with Gasteiger partial charge in [0.05, 0.1) is 23.7 Å². The molecule has 138 valence electrons. The summed E-state index contributed by atoms with van der Waals surface area (Å²) in [6.07, 6.45) is 3.20. The minimum atomic E-state index is -0.920. The highest BCUT2D eigenvalue weighted by Gasteiger charge is 2.21. The second kappa shape index (κ2) is 8.31. The Morgan fingerprint density at radius 1 is 1.40 bits per heavy atom. The Hall–Kier alpha value is -1.41. The number of imidazole rings is 1. The average molecular weight is 368 g/mol. The average Bonchev–Trinajstić information content (AvgIpc) is 3.10. The second-order valence-electron chi connectivity index (χ2n) is 6.60. The molecule has 0 fully saturated rings. The monoisotopic (exact) mass is 367 g/mol. The number of halogens is 1. The van der Waals surface area contributed by atoms with Gasteiger partial charge in [0.1, 0.15) is 11.9 Å². The molecule has 0 spiro atoms. The zero-order chi connectivity index (χ0) is 17.8. The Balaban J connectivity index is 1.69. The highest BCUT2D eigenvalue weighted by molar-refractivity contribution is 6.30. The van der Waals surface area contributed by atoms with Crippen LogP contribution in [0.15, 0.2) is 6.07 Å². The van der Waals surface area contributed by atoms with Crippen molar-refractivity contribution in [3.05, 3.63) is 34.1 Å². The number of hydrogen-bond acceptors (Lipinski definition) is 5. The van der Waals surface area contributed by atoms with Gasteiger partial charge < -0.3 is 15.2 Å². The molecule has 2 aromatic heterocycles. The summed E-state index contributed by atoms with van der Waals surface area (Å²) in [4.78, 5) is 10.1. The van der Waals surface area contributed by atoms with Crippen molar-refractivity contribution >= 4 is 11.6 Å². The fourth-order valence-corrected chi connectivity index (χ4v) is 3.38. The van der Waals surface area contributed by atoms with Crippen LogP contribution in [0.5, 0.6) is 0 Å². The molecule has 8 heteroatoms. The van der Waals surface area contributed by atoms with Crippen molar-refractivity contribution in [2.45, 2.75) is 58.3 Å². The molecule has 0 saturated heterocycles. The van der Waals surface area contributed by atoms with Crippen molar-refractivity contribution in [2.24, 2.45) is 0 Å². The van der Waals surface area contributed by atoms with Crippen molar-refractivity contribution in [3.8, 4) is 0 Å². The quantitative estimate of drug-likeness (QED) is 0.696. The molecule has 1 aliphatic rings. The maximum absolute atomic E-state index is 9.79. The smallest absolute Gasteiger partial charge is 0.151 e. The topological polar surface area (TPSA) is 90.2 Å². The predicted octanol–water partition coefficient (Wildman–Crippen LogP) is 2.03. The number of nitrogens with one attached hydrogen (secondary N) is 1. The number of unbranched alkanes of at least 4 members (excludes halogenated alkanes) is 1. The second-order valence-corrected chi connectivity index (χ2v) is 6.96. The Bertz CT molecular complexity index is 699. The third kappa shape index (κ3) is 4.41. The minimum Gasteiger partial charge on any atom is -0.393 e. The van der Waals surface area contributed by atoms with Crippen molar-refractivity contribution in [2.75, 3.05) is 13.2 Å². The molecule has 0 aliphatic carbocycles. The fraction of sp³-hybridized carbons (Fsp3) is 0.647. The third-order valence-electron chi connectivity index (χ3n) is 4.55. The van der Waals surface area contributed by atoms with Gasteiger partial charge >= 0.3 is 0 Å². The van der Waals surface area contributed by atoms with Crippen LogP contribution >= 0.6 is 11.6 Å². The molecule has 1 atom stereocenters. The third-order valence-corrected chi connectivity index (χ3v) is 4.87. The molecule has 0 radical (unpaired) electrons.